The molecule has 0 radical (unpaired) electrons. The topological polar surface area (TPSA) is 73.6 Å². The highest BCUT2D eigenvalue weighted by Gasteiger charge is 2.21. The van der Waals surface area contributed by atoms with Gasteiger partial charge < -0.3 is 19.1 Å². The third-order valence-electron chi connectivity index (χ3n) is 4.73. The Morgan fingerprint density at radius 2 is 2.00 bits per heavy atom. The number of rotatable bonds is 8. The van der Waals surface area contributed by atoms with Crippen molar-refractivity contribution in [2.24, 2.45) is 0 Å². The summed E-state index contributed by atoms with van der Waals surface area (Å²) in [7, 11) is 1.62. The van der Waals surface area contributed by atoms with Crippen LogP contribution in [0.1, 0.15) is 47.1 Å². The maximum atomic E-state index is 12.0. The minimum absolute atomic E-state index is 0.225. The van der Waals surface area contributed by atoms with Gasteiger partial charge in [-0.3, -0.25) is 4.98 Å². The van der Waals surface area contributed by atoms with Gasteiger partial charge in [0.15, 0.2) is 0 Å². The van der Waals surface area contributed by atoms with Gasteiger partial charge in [0.25, 0.3) is 0 Å². The SMILES string of the molecule is COCCOc1ccc(C(C)C)c2c1cc(C(=O)O)n2Cc1cc(C)ccn1. The molecule has 2 heterocycles. The first-order valence-electron chi connectivity index (χ1n) is 9.35. The Kier molecular flexibility index (Phi) is 5.99. The molecule has 0 aliphatic carbocycles. The first-order chi connectivity index (χ1) is 13.4. The third-order valence-corrected chi connectivity index (χ3v) is 4.73. The van der Waals surface area contributed by atoms with Crippen molar-refractivity contribution >= 4 is 16.9 Å². The van der Waals surface area contributed by atoms with E-state index in [0.29, 0.717) is 25.5 Å². The molecule has 0 spiro atoms. The average Bonchev–Trinajstić information content (AvgIpc) is 3.02. The van der Waals surface area contributed by atoms with Gasteiger partial charge in [0, 0.05) is 18.7 Å². The van der Waals surface area contributed by atoms with Crippen molar-refractivity contribution in [2.45, 2.75) is 33.2 Å². The zero-order valence-corrected chi connectivity index (χ0v) is 16.7. The Morgan fingerprint density at radius 3 is 2.64 bits per heavy atom. The number of carbonyl (C=O) groups is 1. The number of benzene rings is 1. The van der Waals surface area contributed by atoms with Crippen LogP contribution in [0.3, 0.4) is 0 Å². The lowest BCUT2D eigenvalue weighted by molar-refractivity contribution is 0.0686. The largest absolute Gasteiger partial charge is 0.490 e. The van der Waals surface area contributed by atoms with E-state index in [1.807, 2.05) is 35.8 Å². The van der Waals surface area contributed by atoms with Gasteiger partial charge in [0.2, 0.25) is 0 Å². The van der Waals surface area contributed by atoms with Crippen LogP contribution >= 0.6 is 0 Å². The molecule has 6 heteroatoms. The van der Waals surface area contributed by atoms with Gasteiger partial charge in [-0.05, 0) is 48.2 Å². The van der Waals surface area contributed by atoms with E-state index in [2.05, 4.69) is 18.8 Å². The van der Waals surface area contributed by atoms with E-state index >= 15 is 0 Å². The second-order valence-corrected chi connectivity index (χ2v) is 7.16. The Hall–Kier alpha value is -2.86. The zero-order chi connectivity index (χ0) is 20.3. The lowest BCUT2D eigenvalue weighted by Crippen LogP contribution is -2.11. The van der Waals surface area contributed by atoms with E-state index in [1.54, 1.807) is 19.4 Å². The van der Waals surface area contributed by atoms with Crippen molar-refractivity contribution < 1.29 is 19.4 Å². The summed E-state index contributed by atoms with van der Waals surface area (Å²) >= 11 is 0. The highest BCUT2D eigenvalue weighted by Crippen LogP contribution is 2.35. The van der Waals surface area contributed by atoms with Crippen molar-refractivity contribution in [3.05, 3.63) is 59.0 Å². The molecule has 1 aromatic carbocycles. The molecule has 6 nitrogen and oxygen atoms in total. The van der Waals surface area contributed by atoms with Crippen LogP contribution in [0.25, 0.3) is 10.9 Å². The fourth-order valence-corrected chi connectivity index (χ4v) is 3.40. The van der Waals surface area contributed by atoms with Crippen LogP contribution in [0.15, 0.2) is 36.5 Å². The fourth-order valence-electron chi connectivity index (χ4n) is 3.40. The Morgan fingerprint density at radius 1 is 1.21 bits per heavy atom. The van der Waals surface area contributed by atoms with Crippen LogP contribution < -0.4 is 4.74 Å². The number of aromatic carboxylic acids is 1. The number of methoxy groups -OCH3 is 1. The second-order valence-electron chi connectivity index (χ2n) is 7.16. The van der Waals surface area contributed by atoms with Crippen LogP contribution in [0.4, 0.5) is 0 Å². The molecule has 0 saturated carbocycles. The number of hydrogen-bond donors (Lipinski definition) is 1. The van der Waals surface area contributed by atoms with E-state index in [1.165, 1.54) is 0 Å². The van der Waals surface area contributed by atoms with Crippen LogP contribution in [0, 0.1) is 6.92 Å². The molecule has 1 N–H and O–H groups in total. The molecular formula is C22H26N2O4. The predicted molar refractivity (Wildman–Crippen MR) is 108 cm³/mol. The molecule has 0 amide bonds. The molecule has 0 aliphatic heterocycles. The molecule has 28 heavy (non-hydrogen) atoms. The van der Waals surface area contributed by atoms with Crippen molar-refractivity contribution in [1.29, 1.82) is 0 Å². The number of aromatic nitrogens is 2. The molecule has 0 atom stereocenters. The first kappa shape index (κ1) is 19.9. The normalized spacial score (nSPS) is 11.3. The van der Waals surface area contributed by atoms with Crippen molar-refractivity contribution in [3.8, 4) is 5.75 Å². The molecule has 2 aromatic heterocycles. The third kappa shape index (κ3) is 4.02. The summed E-state index contributed by atoms with van der Waals surface area (Å²) in [6.07, 6.45) is 1.75. The lowest BCUT2D eigenvalue weighted by atomic mass is 10.00. The van der Waals surface area contributed by atoms with E-state index in [4.69, 9.17) is 9.47 Å². The van der Waals surface area contributed by atoms with E-state index in [9.17, 15) is 9.90 Å². The average molecular weight is 382 g/mol. The van der Waals surface area contributed by atoms with Crippen molar-refractivity contribution in [2.75, 3.05) is 20.3 Å². The van der Waals surface area contributed by atoms with Gasteiger partial charge in [-0.1, -0.05) is 19.9 Å². The summed E-state index contributed by atoms with van der Waals surface area (Å²) in [5, 5.41) is 10.6. The smallest absolute Gasteiger partial charge is 0.352 e. The number of carboxylic acid groups (broad SMARTS) is 1. The molecule has 0 bridgehead atoms. The number of carboxylic acids is 1. The van der Waals surface area contributed by atoms with Crippen molar-refractivity contribution in [3.63, 3.8) is 0 Å². The van der Waals surface area contributed by atoms with Gasteiger partial charge in [-0.2, -0.15) is 0 Å². The number of ether oxygens (including phenoxy) is 2. The van der Waals surface area contributed by atoms with Crippen LogP contribution in [0.5, 0.6) is 5.75 Å². The number of fused-ring (bicyclic) bond motifs is 1. The molecule has 3 aromatic rings. The van der Waals surface area contributed by atoms with Crippen LogP contribution in [-0.4, -0.2) is 41.0 Å². The summed E-state index contributed by atoms with van der Waals surface area (Å²) in [6, 6.07) is 9.53. The standard InChI is InChI=1S/C22H26N2O4/c1-14(2)17-5-6-20(28-10-9-27-4)18-12-19(22(25)26)24(21(17)18)13-16-11-15(3)7-8-23-16/h5-8,11-12,14H,9-10,13H2,1-4H3,(H,25,26). The number of pyridine rings is 1. The molecule has 0 fully saturated rings. The summed E-state index contributed by atoms with van der Waals surface area (Å²) in [5.74, 6) is -0.0763. The highest BCUT2D eigenvalue weighted by atomic mass is 16.5. The minimum Gasteiger partial charge on any atom is -0.490 e. The molecular weight excluding hydrogens is 356 g/mol. The number of nitrogens with zero attached hydrogens (tertiary/aromatic N) is 2. The van der Waals surface area contributed by atoms with Gasteiger partial charge in [-0.25, -0.2) is 4.79 Å². The van der Waals surface area contributed by atoms with Gasteiger partial charge >= 0.3 is 5.97 Å². The van der Waals surface area contributed by atoms with Crippen LogP contribution in [-0.2, 0) is 11.3 Å². The fraction of sp³-hybridized carbons (Fsp3) is 0.364. The molecule has 148 valence electrons. The Labute approximate surface area is 164 Å². The number of hydrogen-bond acceptors (Lipinski definition) is 4. The maximum Gasteiger partial charge on any atom is 0.352 e. The first-order valence-corrected chi connectivity index (χ1v) is 9.35. The summed E-state index contributed by atoms with van der Waals surface area (Å²) < 4.78 is 12.8. The van der Waals surface area contributed by atoms with Gasteiger partial charge in [-0.15, -0.1) is 0 Å². The summed E-state index contributed by atoms with van der Waals surface area (Å²) in [6.45, 7) is 7.45. The van der Waals surface area contributed by atoms with Gasteiger partial charge in [0.1, 0.15) is 18.1 Å². The second kappa shape index (κ2) is 8.44. The Balaban J connectivity index is 2.20. The van der Waals surface area contributed by atoms with Gasteiger partial charge in [0.05, 0.1) is 24.4 Å². The summed E-state index contributed by atoms with van der Waals surface area (Å²) in [4.78, 5) is 16.4. The Bertz CT molecular complexity index is 992. The molecule has 3 rings (SSSR count). The quantitative estimate of drug-likeness (QED) is 0.590. The van der Waals surface area contributed by atoms with E-state index in [-0.39, 0.29) is 11.6 Å². The minimum atomic E-state index is -0.971. The molecule has 0 aliphatic rings. The molecule has 0 saturated heterocycles. The predicted octanol–water partition coefficient (Wildman–Crippen LogP) is 4.24. The summed E-state index contributed by atoms with van der Waals surface area (Å²) in [5.41, 5.74) is 4.09. The number of aryl methyl sites for hydroxylation is 1. The maximum absolute atomic E-state index is 12.0. The molecule has 0 unspecified atom stereocenters. The zero-order valence-electron chi connectivity index (χ0n) is 16.7. The lowest BCUT2D eigenvalue weighted by Gasteiger charge is -2.16. The van der Waals surface area contributed by atoms with Crippen molar-refractivity contribution in [1.82, 2.24) is 9.55 Å². The highest BCUT2D eigenvalue weighted by molar-refractivity contribution is 5.98. The van der Waals surface area contributed by atoms with E-state index < -0.39 is 5.97 Å². The monoisotopic (exact) mass is 382 g/mol. The van der Waals surface area contributed by atoms with E-state index in [0.717, 1.165) is 27.7 Å². The van der Waals surface area contributed by atoms with Crippen LogP contribution in [0.2, 0.25) is 0 Å².